The Morgan fingerprint density at radius 1 is 1.04 bits per heavy atom. The van der Waals surface area contributed by atoms with Crippen LogP contribution in [0.4, 0.5) is 5.82 Å². The summed E-state index contributed by atoms with van der Waals surface area (Å²) in [4.78, 5) is 22.2. The highest BCUT2D eigenvalue weighted by atomic mass is 16.5. The zero-order chi connectivity index (χ0) is 16.4. The summed E-state index contributed by atoms with van der Waals surface area (Å²) in [7, 11) is 0. The van der Waals surface area contributed by atoms with E-state index in [0.29, 0.717) is 11.5 Å². The molecule has 3 aromatic heterocycles. The van der Waals surface area contributed by atoms with Crippen LogP contribution in [0.15, 0.2) is 29.0 Å². The maximum absolute atomic E-state index is 5.05. The highest BCUT2D eigenvalue weighted by Gasteiger charge is 2.18. The minimum atomic E-state index is 0.614. The van der Waals surface area contributed by atoms with Crippen LogP contribution < -0.4 is 4.90 Å². The minimum Gasteiger partial charge on any atom is -0.355 e. The lowest BCUT2D eigenvalue weighted by atomic mass is 10.3. The molecule has 4 rings (SSSR count). The maximum Gasteiger partial charge on any atom is 0.223 e. The van der Waals surface area contributed by atoms with Gasteiger partial charge in [0.2, 0.25) is 5.89 Å². The quantitative estimate of drug-likeness (QED) is 0.715. The summed E-state index contributed by atoms with van der Waals surface area (Å²) < 4.78 is 5.05. The van der Waals surface area contributed by atoms with Gasteiger partial charge in [-0.25, -0.2) is 9.97 Å². The molecule has 0 atom stereocenters. The molecule has 0 N–H and O–H groups in total. The summed E-state index contributed by atoms with van der Waals surface area (Å²) in [5.41, 5.74) is 1.52. The van der Waals surface area contributed by atoms with Crippen molar-refractivity contribution in [2.24, 2.45) is 0 Å². The van der Waals surface area contributed by atoms with E-state index >= 15 is 0 Å². The first kappa shape index (κ1) is 14.9. The van der Waals surface area contributed by atoms with Crippen molar-refractivity contribution in [3.63, 3.8) is 0 Å². The average molecular weight is 325 g/mol. The van der Waals surface area contributed by atoms with Crippen molar-refractivity contribution in [3.8, 4) is 0 Å². The second-order valence-electron chi connectivity index (χ2n) is 5.91. The van der Waals surface area contributed by atoms with Crippen molar-refractivity contribution in [3.05, 3.63) is 36.2 Å². The molecular weight excluding hydrogens is 306 g/mol. The van der Waals surface area contributed by atoms with Crippen LogP contribution in [-0.2, 0) is 6.54 Å². The molecule has 1 fully saturated rings. The number of fused-ring (bicyclic) bond motifs is 1. The van der Waals surface area contributed by atoms with E-state index in [1.807, 2.05) is 19.1 Å². The number of pyridine rings is 1. The maximum atomic E-state index is 5.05. The number of aryl methyl sites for hydroxylation is 1. The molecular formula is C16H19N7O. The Morgan fingerprint density at radius 2 is 1.96 bits per heavy atom. The first-order valence-corrected chi connectivity index (χ1v) is 8.12. The molecule has 1 saturated heterocycles. The van der Waals surface area contributed by atoms with E-state index in [4.69, 9.17) is 4.52 Å². The molecule has 0 saturated carbocycles. The number of aromatic nitrogens is 5. The Labute approximate surface area is 139 Å². The van der Waals surface area contributed by atoms with Crippen LogP contribution in [-0.4, -0.2) is 56.2 Å². The van der Waals surface area contributed by atoms with Gasteiger partial charge in [0.05, 0.1) is 6.54 Å². The molecule has 1 aliphatic rings. The van der Waals surface area contributed by atoms with Gasteiger partial charge in [-0.2, -0.15) is 4.98 Å². The molecule has 4 heterocycles. The topological polar surface area (TPSA) is 84.1 Å². The van der Waals surface area contributed by atoms with Gasteiger partial charge in [-0.1, -0.05) is 5.16 Å². The Bertz CT molecular complexity index is 834. The van der Waals surface area contributed by atoms with Crippen molar-refractivity contribution in [2.45, 2.75) is 19.9 Å². The molecule has 0 amide bonds. The van der Waals surface area contributed by atoms with Gasteiger partial charge in [-0.15, -0.1) is 0 Å². The van der Waals surface area contributed by atoms with Crippen LogP contribution in [0.1, 0.15) is 18.1 Å². The largest absolute Gasteiger partial charge is 0.355 e. The van der Waals surface area contributed by atoms with Gasteiger partial charge in [-0.3, -0.25) is 9.88 Å². The van der Waals surface area contributed by atoms with Gasteiger partial charge in [0.15, 0.2) is 11.5 Å². The molecule has 0 radical (unpaired) electrons. The fraction of sp³-hybridized carbons (Fsp3) is 0.438. The van der Waals surface area contributed by atoms with E-state index in [-0.39, 0.29) is 0 Å². The van der Waals surface area contributed by atoms with Crippen LogP contribution in [0.2, 0.25) is 0 Å². The van der Waals surface area contributed by atoms with Gasteiger partial charge in [0.1, 0.15) is 11.3 Å². The fourth-order valence-corrected chi connectivity index (χ4v) is 2.98. The Hall–Kier alpha value is -2.61. The zero-order valence-electron chi connectivity index (χ0n) is 13.6. The molecule has 0 unspecified atom stereocenters. The SMILES string of the molecule is Cc1nc(CN2CCCN(c3ccc4nccnc4n3)CC2)no1. The smallest absolute Gasteiger partial charge is 0.223 e. The molecule has 1 aliphatic heterocycles. The van der Waals surface area contributed by atoms with E-state index in [1.54, 1.807) is 12.4 Å². The molecule has 8 heteroatoms. The van der Waals surface area contributed by atoms with Gasteiger partial charge in [0.25, 0.3) is 0 Å². The minimum absolute atomic E-state index is 0.614. The summed E-state index contributed by atoms with van der Waals surface area (Å²) in [6.07, 6.45) is 4.43. The second kappa shape index (κ2) is 6.48. The van der Waals surface area contributed by atoms with Gasteiger partial charge in [0, 0.05) is 45.5 Å². The predicted octanol–water partition coefficient (Wildman–Crippen LogP) is 1.43. The zero-order valence-corrected chi connectivity index (χ0v) is 13.6. The number of nitrogens with zero attached hydrogens (tertiary/aromatic N) is 7. The lowest BCUT2D eigenvalue weighted by Crippen LogP contribution is -2.31. The molecule has 124 valence electrons. The predicted molar refractivity (Wildman–Crippen MR) is 88.5 cm³/mol. The van der Waals surface area contributed by atoms with Crippen molar-refractivity contribution < 1.29 is 4.52 Å². The molecule has 8 nitrogen and oxygen atoms in total. The standard InChI is InChI=1S/C16H19N7O/c1-12-19-14(21-24-12)11-22-7-2-8-23(10-9-22)15-4-3-13-16(20-15)18-6-5-17-13/h3-6H,2,7-11H2,1H3. The van der Waals surface area contributed by atoms with Crippen LogP contribution in [0, 0.1) is 6.92 Å². The number of hydrogen-bond acceptors (Lipinski definition) is 8. The van der Waals surface area contributed by atoms with Gasteiger partial charge < -0.3 is 9.42 Å². The van der Waals surface area contributed by atoms with Crippen LogP contribution in [0.25, 0.3) is 11.2 Å². The van der Waals surface area contributed by atoms with Crippen molar-refractivity contribution >= 4 is 17.0 Å². The van der Waals surface area contributed by atoms with E-state index < -0.39 is 0 Å². The summed E-state index contributed by atoms with van der Waals surface area (Å²) in [6, 6.07) is 4.00. The summed E-state index contributed by atoms with van der Waals surface area (Å²) in [6.45, 7) is 6.37. The third-order valence-electron chi connectivity index (χ3n) is 4.16. The first-order chi connectivity index (χ1) is 11.8. The lowest BCUT2D eigenvalue weighted by molar-refractivity contribution is 0.272. The molecule has 0 aromatic carbocycles. The molecule has 0 bridgehead atoms. The first-order valence-electron chi connectivity index (χ1n) is 8.12. The summed E-state index contributed by atoms with van der Waals surface area (Å²) in [5.74, 6) is 2.32. The van der Waals surface area contributed by atoms with Gasteiger partial charge >= 0.3 is 0 Å². The molecule has 24 heavy (non-hydrogen) atoms. The van der Waals surface area contributed by atoms with Crippen molar-refractivity contribution in [1.29, 1.82) is 0 Å². The Kier molecular flexibility index (Phi) is 4.04. The monoisotopic (exact) mass is 325 g/mol. The number of rotatable bonds is 3. The number of anilines is 1. The van der Waals surface area contributed by atoms with Gasteiger partial charge in [-0.05, 0) is 18.6 Å². The van der Waals surface area contributed by atoms with E-state index in [9.17, 15) is 0 Å². The van der Waals surface area contributed by atoms with E-state index in [2.05, 4.69) is 34.9 Å². The van der Waals surface area contributed by atoms with Crippen LogP contribution in [0.5, 0.6) is 0 Å². The Morgan fingerprint density at radius 3 is 2.83 bits per heavy atom. The summed E-state index contributed by atoms with van der Waals surface area (Å²) >= 11 is 0. The Balaban J connectivity index is 1.45. The highest BCUT2D eigenvalue weighted by Crippen LogP contribution is 2.17. The third-order valence-corrected chi connectivity index (χ3v) is 4.16. The molecule has 3 aromatic rings. The summed E-state index contributed by atoms with van der Waals surface area (Å²) in [5, 5.41) is 3.98. The number of hydrogen-bond donors (Lipinski definition) is 0. The second-order valence-corrected chi connectivity index (χ2v) is 5.91. The fourth-order valence-electron chi connectivity index (χ4n) is 2.98. The molecule has 0 aliphatic carbocycles. The normalized spacial score (nSPS) is 16.5. The van der Waals surface area contributed by atoms with Crippen molar-refractivity contribution in [1.82, 2.24) is 30.0 Å². The average Bonchev–Trinajstić information content (AvgIpc) is 2.87. The highest BCUT2D eigenvalue weighted by molar-refractivity contribution is 5.71. The van der Waals surface area contributed by atoms with Crippen LogP contribution >= 0.6 is 0 Å². The van der Waals surface area contributed by atoms with E-state index in [0.717, 1.165) is 56.3 Å². The third kappa shape index (κ3) is 3.18. The van der Waals surface area contributed by atoms with Crippen LogP contribution in [0.3, 0.4) is 0 Å². The van der Waals surface area contributed by atoms with Crippen molar-refractivity contribution in [2.75, 3.05) is 31.1 Å². The molecule has 0 spiro atoms. The lowest BCUT2D eigenvalue weighted by Gasteiger charge is -2.22. The van der Waals surface area contributed by atoms with E-state index in [1.165, 1.54) is 0 Å².